The number of carbonyl (C=O) groups excluding carboxylic acids is 1. The van der Waals surface area contributed by atoms with Crippen molar-refractivity contribution in [1.29, 1.82) is 5.26 Å². The molecular weight excluding hydrogens is 202 g/mol. The van der Waals surface area contributed by atoms with Crippen LogP contribution in [0.3, 0.4) is 0 Å². The number of benzene rings is 1. The molecule has 1 aromatic rings. The van der Waals surface area contributed by atoms with Gasteiger partial charge in [-0.2, -0.15) is 5.26 Å². The highest BCUT2D eigenvalue weighted by atomic mass is 16.2. The molecule has 0 aromatic heterocycles. The Labute approximate surface area is 94.3 Å². The molecule has 4 heteroatoms. The van der Waals surface area contributed by atoms with Crippen molar-refractivity contribution < 1.29 is 4.79 Å². The smallest absolute Gasteiger partial charge is 0.242 e. The van der Waals surface area contributed by atoms with Crippen LogP contribution in [-0.4, -0.2) is 18.5 Å². The summed E-state index contributed by atoms with van der Waals surface area (Å²) in [6, 6.07) is 9.06. The summed E-state index contributed by atoms with van der Waals surface area (Å²) >= 11 is 0. The largest absolute Gasteiger partial charge is 0.374 e. The SMILES string of the molecule is N#Cc1cccc(NC2CCCNC2=O)c1. The molecule has 0 radical (unpaired) electrons. The minimum Gasteiger partial charge on any atom is -0.374 e. The molecule has 0 saturated carbocycles. The Kier molecular flexibility index (Phi) is 3.06. The quantitative estimate of drug-likeness (QED) is 0.780. The fraction of sp³-hybridized carbons (Fsp3) is 0.333. The van der Waals surface area contributed by atoms with Crippen molar-refractivity contribution in [1.82, 2.24) is 5.32 Å². The highest BCUT2D eigenvalue weighted by Crippen LogP contribution is 2.14. The van der Waals surface area contributed by atoms with Gasteiger partial charge in [0.1, 0.15) is 6.04 Å². The summed E-state index contributed by atoms with van der Waals surface area (Å²) in [6.45, 7) is 0.759. The van der Waals surface area contributed by atoms with Gasteiger partial charge >= 0.3 is 0 Å². The van der Waals surface area contributed by atoms with Crippen molar-refractivity contribution in [3.05, 3.63) is 29.8 Å². The predicted molar refractivity (Wildman–Crippen MR) is 60.8 cm³/mol. The first kappa shape index (κ1) is 10.5. The van der Waals surface area contributed by atoms with E-state index in [0.717, 1.165) is 25.1 Å². The summed E-state index contributed by atoms with van der Waals surface area (Å²) in [5.41, 5.74) is 1.42. The van der Waals surface area contributed by atoms with Crippen LogP contribution in [0, 0.1) is 11.3 Å². The third-order valence-electron chi connectivity index (χ3n) is 2.62. The first-order valence-electron chi connectivity index (χ1n) is 5.34. The lowest BCUT2D eigenvalue weighted by Gasteiger charge is -2.23. The van der Waals surface area contributed by atoms with E-state index in [2.05, 4.69) is 16.7 Å². The molecule has 82 valence electrons. The average molecular weight is 215 g/mol. The van der Waals surface area contributed by atoms with Gasteiger partial charge in [-0.1, -0.05) is 6.07 Å². The van der Waals surface area contributed by atoms with E-state index < -0.39 is 0 Å². The van der Waals surface area contributed by atoms with E-state index in [-0.39, 0.29) is 11.9 Å². The molecule has 1 saturated heterocycles. The molecule has 1 heterocycles. The van der Waals surface area contributed by atoms with Gasteiger partial charge < -0.3 is 10.6 Å². The summed E-state index contributed by atoms with van der Waals surface area (Å²) in [4.78, 5) is 11.5. The van der Waals surface area contributed by atoms with Crippen molar-refractivity contribution in [2.75, 3.05) is 11.9 Å². The molecule has 1 amide bonds. The maximum absolute atomic E-state index is 11.5. The standard InChI is InChI=1S/C12H13N3O/c13-8-9-3-1-4-10(7-9)15-11-5-2-6-14-12(11)16/h1,3-4,7,11,15H,2,5-6H2,(H,14,16). The second kappa shape index (κ2) is 4.67. The van der Waals surface area contributed by atoms with Gasteiger partial charge in [0, 0.05) is 12.2 Å². The summed E-state index contributed by atoms with van der Waals surface area (Å²) in [6.07, 6.45) is 1.82. The Balaban J connectivity index is 2.08. The van der Waals surface area contributed by atoms with Crippen molar-refractivity contribution in [3.63, 3.8) is 0 Å². The van der Waals surface area contributed by atoms with Crippen molar-refractivity contribution in [2.45, 2.75) is 18.9 Å². The molecule has 1 aliphatic rings. The number of carbonyl (C=O) groups is 1. The molecule has 2 rings (SSSR count). The lowest BCUT2D eigenvalue weighted by Crippen LogP contribution is -2.44. The summed E-state index contributed by atoms with van der Waals surface area (Å²) in [5.74, 6) is 0.0358. The van der Waals surface area contributed by atoms with Gasteiger partial charge in [0.25, 0.3) is 0 Å². The van der Waals surface area contributed by atoms with E-state index in [9.17, 15) is 4.79 Å². The van der Waals surface area contributed by atoms with Gasteiger partial charge in [-0.25, -0.2) is 0 Å². The fourth-order valence-electron chi connectivity index (χ4n) is 1.79. The van der Waals surface area contributed by atoms with Gasteiger partial charge in [-0.3, -0.25) is 4.79 Å². The maximum Gasteiger partial charge on any atom is 0.242 e. The van der Waals surface area contributed by atoms with E-state index in [4.69, 9.17) is 5.26 Å². The first-order valence-corrected chi connectivity index (χ1v) is 5.34. The number of nitriles is 1. The Morgan fingerprint density at radius 2 is 2.38 bits per heavy atom. The second-order valence-electron chi connectivity index (χ2n) is 3.82. The number of nitrogens with one attached hydrogen (secondary N) is 2. The molecule has 0 spiro atoms. The minimum absolute atomic E-state index is 0.0358. The van der Waals surface area contributed by atoms with Gasteiger partial charge in [-0.15, -0.1) is 0 Å². The van der Waals surface area contributed by atoms with E-state index in [1.165, 1.54) is 0 Å². The topological polar surface area (TPSA) is 64.9 Å². The van der Waals surface area contributed by atoms with E-state index in [1.807, 2.05) is 12.1 Å². The van der Waals surface area contributed by atoms with Crippen LogP contribution in [0.1, 0.15) is 18.4 Å². The van der Waals surface area contributed by atoms with E-state index >= 15 is 0 Å². The van der Waals surface area contributed by atoms with Gasteiger partial charge in [0.2, 0.25) is 5.91 Å². The molecule has 0 aliphatic carbocycles. The van der Waals surface area contributed by atoms with Crippen LogP contribution in [0.25, 0.3) is 0 Å². The van der Waals surface area contributed by atoms with Crippen molar-refractivity contribution in [3.8, 4) is 6.07 Å². The molecule has 1 aliphatic heterocycles. The number of rotatable bonds is 2. The Hall–Kier alpha value is -2.02. The van der Waals surface area contributed by atoms with Gasteiger partial charge in [0.15, 0.2) is 0 Å². The molecule has 2 N–H and O–H groups in total. The molecular formula is C12H13N3O. The minimum atomic E-state index is -0.178. The predicted octanol–water partition coefficient (Wildman–Crippen LogP) is 1.25. The summed E-state index contributed by atoms with van der Waals surface area (Å²) in [7, 11) is 0. The van der Waals surface area contributed by atoms with Crippen LogP contribution >= 0.6 is 0 Å². The zero-order chi connectivity index (χ0) is 11.4. The van der Waals surface area contributed by atoms with Crippen LogP contribution in [0.5, 0.6) is 0 Å². The number of piperidine rings is 1. The molecule has 1 fully saturated rings. The Morgan fingerprint density at radius 3 is 3.12 bits per heavy atom. The van der Waals surface area contributed by atoms with Crippen LogP contribution in [0.2, 0.25) is 0 Å². The van der Waals surface area contributed by atoms with E-state index in [0.29, 0.717) is 5.56 Å². The molecule has 4 nitrogen and oxygen atoms in total. The Bertz CT molecular complexity index is 436. The van der Waals surface area contributed by atoms with Crippen LogP contribution in [0.15, 0.2) is 24.3 Å². The number of hydrogen-bond acceptors (Lipinski definition) is 3. The monoisotopic (exact) mass is 215 g/mol. The van der Waals surface area contributed by atoms with Crippen molar-refractivity contribution in [2.24, 2.45) is 0 Å². The highest BCUT2D eigenvalue weighted by Gasteiger charge is 2.21. The normalized spacial score (nSPS) is 19.7. The molecule has 1 atom stereocenters. The van der Waals surface area contributed by atoms with Gasteiger partial charge in [-0.05, 0) is 31.0 Å². The molecule has 0 bridgehead atoms. The molecule has 1 aromatic carbocycles. The summed E-state index contributed by atoms with van der Waals surface area (Å²) in [5, 5.41) is 14.7. The molecule has 16 heavy (non-hydrogen) atoms. The Morgan fingerprint density at radius 1 is 1.50 bits per heavy atom. The third kappa shape index (κ3) is 2.31. The van der Waals surface area contributed by atoms with Crippen LogP contribution < -0.4 is 10.6 Å². The lowest BCUT2D eigenvalue weighted by atomic mass is 10.1. The highest BCUT2D eigenvalue weighted by molar-refractivity contribution is 5.85. The maximum atomic E-state index is 11.5. The molecule has 1 unspecified atom stereocenters. The summed E-state index contributed by atoms with van der Waals surface area (Å²) < 4.78 is 0. The van der Waals surface area contributed by atoms with Crippen LogP contribution in [0.4, 0.5) is 5.69 Å². The number of amides is 1. The first-order chi connectivity index (χ1) is 7.79. The van der Waals surface area contributed by atoms with Crippen LogP contribution in [-0.2, 0) is 4.79 Å². The van der Waals surface area contributed by atoms with E-state index in [1.54, 1.807) is 12.1 Å². The average Bonchev–Trinajstić information content (AvgIpc) is 2.32. The number of hydrogen-bond donors (Lipinski definition) is 2. The van der Waals surface area contributed by atoms with Gasteiger partial charge in [0.05, 0.1) is 11.6 Å². The lowest BCUT2D eigenvalue weighted by molar-refractivity contribution is -0.123. The number of anilines is 1. The zero-order valence-electron chi connectivity index (χ0n) is 8.86. The second-order valence-corrected chi connectivity index (χ2v) is 3.82. The fourth-order valence-corrected chi connectivity index (χ4v) is 1.79. The third-order valence-corrected chi connectivity index (χ3v) is 2.62. The van der Waals surface area contributed by atoms with Crippen molar-refractivity contribution >= 4 is 11.6 Å². The zero-order valence-corrected chi connectivity index (χ0v) is 8.86. The number of nitrogens with zero attached hydrogens (tertiary/aromatic N) is 1.